The third-order valence-corrected chi connectivity index (χ3v) is 1.82. The first-order valence-electron chi connectivity index (χ1n) is 3.94. The maximum Gasteiger partial charge on any atom is 0.339 e. The van der Waals surface area contributed by atoms with Crippen LogP contribution in [0.1, 0.15) is 26.3 Å². The number of hydrogen-bond acceptors (Lipinski definition) is 5. The van der Waals surface area contributed by atoms with E-state index in [2.05, 4.69) is 4.74 Å². The molecule has 0 bridgehead atoms. The summed E-state index contributed by atoms with van der Waals surface area (Å²) in [4.78, 5) is 21.7. The summed E-state index contributed by atoms with van der Waals surface area (Å²) in [5, 5.41) is 18.0. The second-order valence-corrected chi connectivity index (χ2v) is 2.68. The number of aromatic hydroxyl groups is 1. The molecule has 0 aliphatic rings. The Bertz CT molecular complexity index is 459. The molecule has 0 aliphatic heterocycles. The summed E-state index contributed by atoms with van der Waals surface area (Å²) in [6, 6.07) is 3.90. The monoisotopic (exact) mass is 205 g/mol. The molecule has 1 N–H and O–H groups in total. The average Bonchev–Trinajstić information content (AvgIpc) is 2.27. The van der Waals surface area contributed by atoms with Gasteiger partial charge in [0.05, 0.1) is 23.8 Å². The Hall–Kier alpha value is -2.35. The van der Waals surface area contributed by atoms with Crippen molar-refractivity contribution in [3.63, 3.8) is 0 Å². The highest BCUT2D eigenvalue weighted by Gasteiger charge is 2.15. The predicted octanol–water partition coefficient (Wildman–Crippen LogP) is 0.863. The maximum atomic E-state index is 11.2. The maximum absolute atomic E-state index is 11.2. The summed E-state index contributed by atoms with van der Waals surface area (Å²) in [5.41, 5.74) is -0.140. The summed E-state index contributed by atoms with van der Waals surface area (Å²) in [6.45, 7) is 0. The first-order valence-corrected chi connectivity index (χ1v) is 3.94. The van der Waals surface area contributed by atoms with Crippen molar-refractivity contribution in [2.45, 2.75) is 0 Å². The van der Waals surface area contributed by atoms with Gasteiger partial charge in [0.15, 0.2) is 6.29 Å². The van der Waals surface area contributed by atoms with Crippen LogP contribution in [0.2, 0.25) is 0 Å². The highest BCUT2D eigenvalue weighted by molar-refractivity contribution is 5.95. The van der Waals surface area contributed by atoms with Gasteiger partial charge in [0, 0.05) is 0 Å². The molecule has 0 saturated carbocycles. The van der Waals surface area contributed by atoms with E-state index in [1.54, 1.807) is 6.07 Å². The van der Waals surface area contributed by atoms with Crippen LogP contribution in [0, 0.1) is 11.3 Å². The number of ether oxygens (including phenoxy) is 1. The summed E-state index contributed by atoms with van der Waals surface area (Å²) >= 11 is 0. The minimum atomic E-state index is -0.727. The lowest BCUT2D eigenvalue weighted by Crippen LogP contribution is -2.05. The lowest BCUT2D eigenvalue weighted by atomic mass is 10.0. The molecule has 15 heavy (non-hydrogen) atoms. The number of nitrogens with zero attached hydrogens (tertiary/aromatic N) is 1. The summed E-state index contributed by atoms with van der Waals surface area (Å²) in [5.74, 6) is -1.07. The van der Waals surface area contributed by atoms with Crippen LogP contribution in [-0.4, -0.2) is 24.5 Å². The van der Waals surface area contributed by atoms with E-state index in [0.717, 1.165) is 19.2 Å². The van der Waals surface area contributed by atoms with Crippen molar-refractivity contribution >= 4 is 12.3 Å². The molecule has 0 amide bonds. The Morgan fingerprint density at radius 3 is 2.73 bits per heavy atom. The summed E-state index contributed by atoms with van der Waals surface area (Å²) < 4.78 is 4.43. The van der Waals surface area contributed by atoms with Gasteiger partial charge in [-0.25, -0.2) is 4.79 Å². The number of methoxy groups -OCH3 is 1. The predicted molar refractivity (Wildman–Crippen MR) is 49.5 cm³/mol. The van der Waals surface area contributed by atoms with Gasteiger partial charge in [-0.2, -0.15) is 5.26 Å². The van der Waals surface area contributed by atoms with E-state index in [4.69, 9.17) is 5.26 Å². The van der Waals surface area contributed by atoms with Gasteiger partial charge in [-0.05, 0) is 12.1 Å². The van der Waals surface area contributed by atoms with E-state index < -0.39 is 5.97 Å². The third kappa shape index (κ3) is 1.94. The van der Waals surface area contributed by atoms with Crippen molar-refractivity contribution in [1.29, 1.82) is 5.26 Å². The van der Waals surface area contributed by atoms with Gasteiger partial charge < -0.3 is 9.84 Å². The van der Waals surface area contributed by atoms with Crippen molar-refractivity contribution < 1.29 is 19.4 Å². The highest BCUT2D eigenvalue weighted by Crippen LogP contribution is 2.21. The molecule has 0 radical (unpaired) electrons. The fourth-order valence-corrected chi connectivity index (χ4v) is 1.07. The van der Waals surface area contributed by atoms with Gasteiger partial charge in [-0.15, -0.1) is 0 Å². The minimum absolute atomic E-state index is 0.0371. The molecule has 0 aliphatic carbocycles. The Labute approximate surface area is 85.5 Å². The number of hydrogen-bond donors (Lipinski definition) is 1. The number of phenols is 1. The molecule has 1 aromatic rings. The van der Waals surface area contributed by atoms with E-state index in [-0.39, 0.29) is 22.4 Å². The van der Waals surface area contributed by atoms with Crippen molar-refractivity contribution in [1.82, 2.24) is 0 Å². The van der Waals surface area contributed by atoms with E-state index in [1.807, 2.05) is 0 Å². The van der Waals surface area contributed by atoms with Gasteiger partial charge in [0.1, 0.15) is 11.8 Å². The van der Waals surface area contributed by atoms with E-state index in [1.165, 1.54) is 0 Å². The Morgan fingerprint density at radius 1 is 1.60 bits per heavy atom. The number of rotatable bonds is 2. The molecule has 0 spiro atoms. The van der Waals surface area contributed by atoms with Crippen LogP contribution in [0.4, 0.5) is 0 Å². The number of carbonyl (C=O) groups is 2. The van der Waals surface area contributed by atoms with Crippen molar-refractivity contribution in [3.8, 4) is 11.8 Å². The number of nitriles is 1. The molecule has 5 heteroatoms. The zero-order valence-corrected chi connectivity index (χ0v) is 7.85. The molecule has 0 heterocycles. The molecule has 0 saturated heterocycles. The smallest absolute Gasteiger partial charge is 0.339 e. The van der Waals surface area contributed by atoms with Crippen molar-refractivity contribution in [2.75, 3.05) is 7.11 Å². The fourth-order valence-electron chi connectivity index (χ4n) is 1.07. The normalized spacial score (nSPS) is 9.07. The average molecular weight is 205 g/mol. The second kappa shape index (κ2) is 4.24. The van der Waals surface area contributed by atoms with Crippen LogP contribution in [0.5, 0.6) is 5.75 Å². The zero-order chi connectivity index (χ0) is 11.4. The zero-order valence-electron chi connectivity index (χ0n) is 7.85. The molecular formula is C10H7NO4. The van der Waals surface area contributed by atoms with Crippen LogP contribution >= 0.6 is 0 Å². The van der Waals surface area contributed by atoms with Crippen molar-refractivity contribution in [2.24, 2.45) is 0 Å². The van der Waals surface area contributed by atoms with Gasteiger partial charge in [0.2, 0.25) is 0 Å². The summed E-state index contributed by atoms with van der Waals surface area (Å²) in [7, 11) is 1.16. The number of phenolic OH excluding ortho intramolecular Hbond substituents is 1. The number of esters is 1. The highest BCUT2D eigenvalue weighted by atomic mass is 16.5. The standard InChI is InChI=1S/C10H7NO4/c1-15-10(14)8-2-7(5-12)9(13)3-6(8)4-11/h2-3,5,13H,1H3. The molecule has 0 unspecified atom stereocenters. The number of aldehydes is 1. The van der Waals surface area contributed by atoms with Gasteiger partial charge >= 0.3 is 5.97 Å². The topological polar surface area (TPSA) is 87.4 Å². The van der Waals surface area contributed by atoms with Crippen LogP contribution in [0.3, 0.4) is 0 Å². The first kappa shape index (κ1) is 10.7. The van der Waals surface area contributed by atoms with E-state index >= 15 is 0 Å². The lowest BCUT2D eigenvalue weighted by molar-refractivity contribution is 0.0600. The SMILES string of the molecule is COC(=O)c1cc(C=O)c(O)cc1C#N. The van der Waals surface area contributed by atoms with Crippen molar-refractivity contribution in [3.05, 3.63) is 28.8 Å². The van der Waals surface area contributed by atoms with Crippen LogP contribution in [0.25, 0.3) is 0 Å². The molecule has 0 aromatic heterocycles. The molecule has 1 rings (SSSR count). The van der Waals surface area contributed by atoms with Gasteiger partial charge in [-0.1, -0.05) is 0 Å². The molecule has 0 atom stereocenters. The Morgan fingerprint density at radius 2 is 2.27 bits per heavy atom. The minimum Gasteiger partial charge on any atom is -0.507 e. The number of benzene rings is 1. The lowest BCUT2D eigenvalue weighted by Gasteiger charge is -2.04. The first-order chi connectivity index (χ1) is 7.13. The molecular weight excluding hydrogens is 198 g/mol. The quantitative estimate of drug-likeness (QED) is 0.571. The van der Waals surface area contributed by atoms with E-state index in [0.29, 0.717) is 6.29 Å². The summed E-state index contributed by atoms with van der Waals surface area (Å²) in [6.07, 6.45) is 0.392. The van der Waals surface area contributed by atoms with Crippen LogP contribution in [0.15, 0.2) is 12.1 Å². The molecule has 0 fully saturated rings. The largest absolute Gasteiger partial charge is 0.507 e. The van der Waals surface area contributed by atoms with Gasteiger partial charge in [-0.3, -0.25) is 4.79 Å². The Balaban J connectivity index is 3.43. The third-order valence-electron chi connectivity index (χ3n) is 1.82. The molecule has 76 valence electrons. The fraction of sp³-hybridized carbons (Fsp3) is 0.100. The van der Waals surface area contributed by atoms with Crippen LogP contribution in [-0.2, 0) is 4.74 Å². The van der Waals surface area contributed by atoms with Crippen LogP contribution < -0.4 is 0 Å². The second-order valence-electron chi connectivity index (χ2n) is 2.68. The van der Waals surface area contributed by atoms with E-state index in [9.17, 15) is 14.7 Å². The molecule has 1 aromatic carbocycles. The van der Waals surface area contributed by atoms with Gasteiger partial charge in [0.25, 0.3) is 0 Å². The number of carbonyl (C=O) groups excluding carboxylic acids is 2. The Kier molecular flexibility index (Phi) is 3.03. The molecule has 5 nitrogen and oxygen atoms in total.